The number of ether oxygens (including phenoxy) is 1. The van der Waals surface area contributed by atoms with E-state index in [-0.39, 0.29) is 17.1 Å². The topological polar surface area (TPSA) is 99.2 Å². The molecule has 2 heterocycles. The van der Waals surface area contributed by atoms with Gasteiger partial charge in [0.25, 0.3) is 5.91 Å². The first kappa shape index (κ1) is 20.5. The first-order valence-electron chi connectivity index (χ1n) is 8.31. The number of nitrogens with zero attached hydrogens (tertiary/aromatic N) is 3. The Bertz CT molecular complexity index is 1020. The summed E-state index contributed by atoms with van der Waals surface area (Å²) in [5.74, 6) is -0.0193. The average Bonchev–Trinajstić information content (AvgIpc) is 3.25. The second-order valence-electron chi connectivity index (χ2n) is 5.82. The van der Waals surface area contributed by atoms with Crippen LogP contribution in [0.25, 0.3) is 11.4 Å². The number of furan rings is 1. The van der Waals surface area contributed by atoms with Crippen LogP contribution >= 0.6 is 11.8 Å². The van der Waals surface area contributed by atoms with Gasteiger partial charge >= 0.3 is 6.61 Å². The number of aromatic nitrogens is 3. The number of amides is 2. The number of aryl methyl sites for hydroxylation is 1. The minimum absolute atomic E-state index is 0.0609. The van der Waals surface area contributed by atoms with E-state index in [1.54, 1.807) is 23.9 Å². The van der Waals surface area contributed by atoms with Crippen molar-refractivity contribution >= 4 is 23.6 Å². The lowest BCUT2D eigenvalue weighted by molar-refractivity contribution is -0.117. The maximum atomic E-state index is 12.1. The molecule has 1 aromatic carbocycles. The highest BCUT2D eigenvalue weighted by molar-refractivity contribution is 7.99. The highest BCUT2D eigenvalue weighted by Gasteiger charge is 2.17. The molecule has 2 amide bonds. The summed E-state index contributed by atoms with van der Waals surface area (Å²) in [7, 11) is 1.76. The van der Waals surface area contributed by atoms with E-state index >= 15 is 0 Å². The second kappa shape index (κ2) is 8.86. The van der Waals surface area contributed by atoms with Crippen LogP contribution in [0.15, 0.2) is 46.2 Å². The van der Waals surface area contributed by atoms with E-state index in [0.717, 1.165) is 17.3 Å². The molecular weight excluding hydrogens is 406 g/mol. The number of nitrogens with one attached hydrogen (secondary N) is 1. The molecule has 0 radical (unpaired) electrons. The van der Waals surface area contributed by atoms with Gasteiger partial charge in [-0.3, -0.25) is 14.9 Å². The largest absolute Gasteiger partial charge is 0.469 e. The second-order valence-corrected chi connectivity index (χ2v) is 6.77. The average molecular weight is 422 g/mol. The SMILES string of the molecule is Cc1occc1-c1nnc(SCC(=O)NC(=O)c2ccc(OC(F)F)cc2)n1C. The van der Waals surface area contributed by atoms with Crippen LogP contribution in [0.1, 0.15) is 16.1 Å². The first-order valence-corrected chi connectivity index (χ1v) is 9.29. The van der Waals surface area contributed by atoms with E-state index in [1.807, 2.05) is 6.92 Å². The standard InChI is InChI=1S/C18H16F2N4O4S/c1-10-13(7-8-27-10)15-22-23-18(24(15)2)29-9-14(25)21-16(26)11-3-5-12(6-4-11)28-17(19)20/h3-8,17H,9H2,1-2H3,(H,21,25,26). The quantitative estimate of drug-likeness (QED) is 0.584. The lowest BCUT2D eigenvalue weighted by Crippen LogP contribution is -2.31. The van der Waals surface area contributed by atoms with Crippen LogP contribution in [0.4, 0.5) is 8.78 Å². The van der Waals surface area contributed by atoms with Gasteiger partial charge in [-0.2, -0.15) is 8.78 Å². The van der Waals surface area contributed by atoms with Crippen LogP contribution in [0.2, 0.25) is 0 Å². The Hall–Kier alpha value is -3.21. The summed E-state index contributed by atoms with van der Waals surface area (Å²) in [6, 6.07) is 6.79. The van der Waals surface area contributed by atoms with Gasteiger partial charge in [0.2, 0.25) is 5.91 Å². The van der Waals surface area contributed by atoms with Crippen molar-refractivity contribution in [2.24, 2.45) is 7.05 Å². The highest BCUT2D eigenvalue weighted by Crippen LogP contribution is 2.25. The Morgan fingerprint density at radius 2 is 1.97 bits per heavy atom. The van der Waals surface area contributed by atoms with Crippen LogP contribution in [0, 0.1) is 6.92 Å². The van der Waals surface area contributed by atoms with Crippen molar-refractivity contribution in [2.75, 3.05) is 5.75 Å². The lowest BCUT2D eigenvalue weighted by atomic mass is 10.2. The molecule has 152 valence electrons. The maximum Gasteiger partial charge on any atom is 0.387 e. The summed E-state index contributed by atoms with van der Waals surface area (Å²) in [6.45, 7) is -1.14. The molecule has 0 spiro atoms. The molecule has 0 fully saturated rings. The molecule has 1 N–H and O–H groups in total. The molecule has 11 heteroatoms. The molecule has 2 aromatic heterocycles. The van der Waals surface area contributed by atoms with Crippen LogP contribution in [0.5, 0.6) is 5.75 Å². The molecule has 0 aliphatic rings. The van der Waals surface area contributed by atoms with Gasteiger partial charge in [0.15, 0.2) is 11.0 Å². The predicted octanol–water partition coefficient (Wildman–Crippen LogP) is 3.03. The Kier molecular flexibility index (Phi) is 6.27. The van der Waals surface area contributed by atoms with E-state index < -0.39 is 18.4 Å². The number of rotatable bonds is 7. The van der Waals surface area contributed by atoms with Gasteiger partial charge in [-0.25, -0.2) is 0 Å². The Balaban J connectivity index is 1.55. The zero-order valence-corrected chi connectivity index (χ0v) is 16.2. The zero-order chi connectivity index (χ0) is 21.0. The summed E-state index contributed by atoms with van der Waals surface area (Å²) in [5, 5.41) is 10.9. The van der Waals surface area contributed by atoms with Gasteiger partial charge in [-0.1, -0.05) is 11.8 Å². The summed E-state index contributed by atoms with van der Waals surface area (Å²) in [5.41, 5.74) is 0.937. The summed E-state index contributed by atoms with van der Waals surface area (Å²) < 4.78 is 35.5. The molecule has 8 nitrogen and oxygen atoms in total. The number of hydrogen-bond acceptors (Lipinski definition) is 7. The van der Waals surface area contributed by atoms with Gasteiger partial charge in [0.05, 0.1) is 17.6 Å². The number of carbonyl (C=O) groups excluding carboxylic acids is 2. The van der Waals surface area contributed by atoms with Gasteiger partial charge in [0.1, 0.15) is 11.5 Å². The Labute approximate surface area is 168 Å². The Morgan fingerprint density at radius 3 is 2.59 bits per heavy atom. The monoisotopic (exact) mass is 422 g/mol. The number of imide groups is 1. The maximum absolute atomic E-state index is 12.1. The van der Waals surface area contributed by atoms with E-state index in [1.165, 1.54) is 24.3 Å². The number of hydrogen-bond donors (Lipinski definition) is 1. The molecule has 0 saturated heterocycles. The van der Waals surface area contributed by atoms with Crippen molar-refractivity contribution < 1.29 is 27.5 Å². The van der Waals surface area contributed by atoms with Gasteiger partial charge < -0.3 is 13.7 Å². The number of benzene rings is 1. The van der Waals surface area contributed by atoms with Crippen LogP contribution in [-0.2, 0) is 11.8 Å². The third-order valence-electron chi connectivity index (χ3n) is 3.86. The van der Waals surface area contributed by atoms with E-state index in [2.05, 4.69) is 20.3 Å². The highest BCUT2D eigenvalue weighted by atomic mass is 32.2. The first-order chi connectivity index (χ1) is 13.8. The van der Waals surface area contributed by atoms with Crippen molar-refractivity contribution in [1.82, 2.24) is 20.1 Å². The molecule has 0 unspecified atom stereocenters. The number of halogens is 2. The summed E-state index contributed by atoms with van der Waals surface area (Å²) >= 11 is 1.12. The molecular formula is C18H16F2N4O4S. The fourth-order valence-electron chi connectivity index (χ4n) is 2.44. The van der Waals surface area contributed by atoms with Gasteiger partial charge in [0, 0.05) is 12.6 Å². The van der Waals surface area contributed by atoms with Gasteiger partial charge in [-0.05, 0) is 37.3 Å². The number of carbonyl (C=O) groups is 2. The molecule has 0 saturated carbocycles. The smallest absolute Gasteiger partial charge is 0.387 e. The van der Waals surface area contributed by atoms with Crippen molar-refractivity contribution in [3.8, 4) is 17.1 Å². The minimum atomic E-state index is -2.95. The van der Waals surface area contributed by atoms with Crippen molar-refractivity contribution in [3.05, 3.63) is 47.9 Å². The molecule has 29 heavy (non-hydrogen) atoms. The molecule has 3 rings (SSSR count). The number of alkyl halides is 2. The summed E-state index contributed by atoms with van der Waals surface area (Å²) in [4.78, 5) is 24.2. The molecule has 0 atom stereocenters. The van der Waals surface area contributed by atoms with Crippen LogP contribution in [0.3, 0.4) is 0 Å². The molecule has 0 aliphatic carbocycles. The van der Waals surface area contributed by atoms with E-state index in [9.17, 15) is 18.4 Å². The third kappa shape index (κ3) is 4.99. The van der Waals surface area contributed by atoms with Crippen LogP contribution < -0.4 is 10.1 Å². The fraction of sp³-hybridized carbons (Fsp3) is 0.222. The third-order valence-corrected chi connectivity index (χ3v) is 4.88. The number of thioether (sulfide) groups is 1. The van der Waals surface area contributed by atoms with Crippen molar-refractivity contribution in [1.29, 1.82) is 0 Å². The predicted molar refractivity (Wildman–Crippen MR) is 99.7 cm³/mol. The fourth-order valence-corrected chi connectivity index (χ4v) is 3.16. The minimum Gasteiger partial charge on any atom is -0.469 e. The molecule has 0 aliphatic heterocycles. The van der Waals surface area contributed by atoms with Crippen molar-refractivity contribution in [3.63, 3.8) is 0 Å². The Morgan fingerprint density at radius 1 is 1.24 bits per heavy atom. The summed E-state index contributed by atoms with van der Waals surface area (Å²) in [6.07, 6.45) is 1.55. The van der Waals surface area contributed by atoms with E-state index in [0.29, 0.717) is 16.7 Å². The zero-order valence-electron chi connectivity index (χ0n) is 15.4. The van der Waals surface area contributed by atoms with Crippen LogP contribution in [-0.4, -0.2) is 38.9 Å². The van der Waals surface area contributed by atoms with E-state index in [4.69, 9.17) is 4.42 Å². The molecule has 0 bridgehead atoms. The van der Waals surface area contributed by atoms with Crippen molar-refractivity contribution in [2.45, 2.75) is 18.7 Å². The molecule has 3 aromatic rings. The normalized spacial score (nSPS) is 10.9. The van der Waals surface area contributed by atoms with Gasteiger partial charge in [-0.15, -0.1) is 10.2 Å². The lowest BCUT2D eigenvalue weighted by Gasteiger charge is -2.06.